The summed E-state index contributed by atoms with van der Waals surface area (Å²) in [5.41, 5.74) is 5.57. The Bertz CT molecular complexity index is 379. The number of carbonyl (C=O) groups excluding carboxylic acids is 1. The standard InChI is InChI=1S/C12H26N2O4S/c1-12(2,6-7-18-3)9-14-11(15)10(13)5-8-19(4,16)17/h10H,5-9,13H2,1-4H3,(H,14,15). The lowest BCUT2D eigenvalue weighted by Crippen LogP contribution is -2.45. The SMILES string of the molecule is COCCC(C)(C)CNC(=O)C(N)CCS(C)(=O)=O. The summed E-state index contributed by atoms with van der Waals surface area (Å²) in [6.07, 6.45) is 2.09. The van der Waals surface area contributed by atoms with Crippen molar-refractivity contribution in [3.63, 3.8) is 0 Å². The third-order valence-corrected chi connectivity index (χ3v) is 3.84. The molecular formula is C12H26N2O4S. The van der Waals surface area contributed by atoms with Crippen LogP contribution in [0.3, 0.4) is 0 Å². The molecule has 19 heavy (non-hydrogen) atoms. The number of sulfone groups is 1. The van der Waals surface area contributed by atoms with E-state index < -0.39 is 15.9 Å². The van der Waals surface area contributed by atoms with E-state index in [1.165, 1.54) is 0 Å². The van der Waals surface area contributed by atoms with Crippen molar-refractivity contribution in [1.82, 2.24) is 5.32 Å². The summed E-state index contributed by atoms with van der Waals surface area (Å²) in [6, 6.07) is -0.784. The second kappa shape index (κ2) is 7.81. The van der Waals surface area contributed by atoms with Crippen LogP contribution in [0.5, 0.6) is 0 Å². The Balaban J connectivity index is 4.09. The Hall–Kier alpha value is -0.660. The Morgan fingerprint density at radius 2 is 2.00 bits per heavy atom. The number of nitrogens with one attached hydrogen (secondary N) is 1. The molecule has 3 N–H and O–H groups in total. The van der Waals surface area contributed by atoms with Gasteiger partial charge in [0.05, 0.1) is 11.8 Å². The smallest absolute Gasteiger partial charge is 0.236 e. The van der Waals surface area contributed by atoms with Crippen LogP contribution < -0.4 is 11.1 Å². The van der Waals surface area contributed by atoms with Crippen LogP contribution in [0.4, 0.5) is 0 Å². The van der Waals surface area contributed by atoms with Crippen molar-refractivity contribution in [1.29, 1.82) is 0 Å². The summed E-state index contributed by atoms with van der Waals surface area (Å²) in [5, 5.41) is 2.75. The molecule has 0 aliphatic carbocycles. The molecule has 1 amide bonds. The molecule has 0 heterocycles. The fourth-order valence-corrected chi connectivity index (χ4v) is 2.08. The van der Waals surface area contributed by atoms with Crippen LogP contribution in [-0.2, 0) is 19.4 Å². The van der Waals surface area contributed by atoms with E-state index in [-0.39, 0.29) is 23.5 Å². The largest absolute Gasteiger partial charge is 0.385 e. The van der Waals surface area contributed by atoms with E-state index in [1.54, 1.807) is 7.11 Å². The number of amides is 1. The van der Waals surface area contributed by atoms with E-state index in [2.05, 4.69) is 5.32 Å². The minimum Gasteiger partial charge on any atom is -0.385 e. The summed E-state index contributed by atoms with van der Waals surface area (Å²) in [7, 11) is -1.45. The monoisotopic (exact) mass is 294 g/mol. The minimum absolute atomic E-state index is 0.0747. The van der Waals surface area contributed by atoms with Gasteiger partial charge in [0.15, 0.2) is 0 Å². The first-order chi connectivity index (χ1) is 8.57. The zero-order valence-electron chi connectivity index (χ0n) is 12.2. The van der Waals surface area contributed by atoms with E-state index in [4.69, 9.17) is 10.5 Å². The predicted octanol–water partition coefficient (Wildman–Crippen LogP) is -0.0727. The lowest BCUT2D eigenvalue weighted by Gasteiger charge is -2.25. The van der Waals surface area contributed by atoms with Crippen LogP contribution in [0.25, 0.3) is 0 Å². The van der Waals surface area contributed by atoms with E-state index in [0.29, 0.717) is 13.2 Å². The van der Waals surface area contributed by atoms with Gasteiger partial charge in [0.25, 0.3) is 0 Å². The third-order valence-electron chi connectivity index (χ3n) is 2.86. The molecule has 0 bridgehead atoms. The van der Waals surface area contributed by atoms with Crippen molar-refractivity contribution in [2.24, 2.45) is 11.1 Å². The van der Waals surface area contributed by atoms with E-state index in [0.717, 1.165) is 12.7 Å². The van der Waals surface area contributed by atoms with Gasteiger partial charge < -0.3 is 15.8 Å². The molecule has 0 saturated heterocycles. The van der Waals surface area contributed by atoms with E-state index in [1.807, 2.05) is 13.8 Å². The number of rotatable bonds is 9. The number of carbonyl (C=O) groups is 1. The van der Waals surface area contributed by atoms with Crippen LogP contribution in [0.1, 0.15) is 26.7 Å². The van der Waals surface area contributed by atoms with Crippen molar-refractivity contribution in [2.75, 3.05) is 32.3 Å². The Kier molecular flexibility index (Phi) is 7.54. The van der Waals surface area contributed by atoms with Gasteiger partial charge in [-0.25, -0.2) is 8.42 Å². The Morgan fingerprint density at radius 3 is 2.47 bits per heavy atom. The fraction of sp³-hybridized carbons (Fsp3) is 0.917. The van der Waals surface area contributed by atoms with Crippen molar-refractivity contribution < 1.29 is 17.9 Å². The molecule has 0 fully saturated rings. The lowest BCUT2D eigenvalue weighted by molar-refractivity contribution is -0.122. The molecule has 1 unspecified atom stereocenters. The van der Waals surface area contributed by atoms with Gasteiger partial charge in [-0.3, -0.25) is 4.79 Å². The maximum Gasteiger partial charge on any atom is 0.236 e. The number of nitrogens with two attached hydrogens (primary N) is 1. The highest BCUT2D eigenvalue weighted by Gasteiger charge is 2.21. The molecule has 7 heteroatoms. The van der Waals surface area contributed by atoms with Gasteiger partial charge >= 0.3 is 0 Å². The van der Waals surface area contributed by atoms with Gasteiger partial charge in [0.1, 0.15) is 9.84 Å². The molecule has 114 valence electrons. The number of methoxy groups -OCH3 is 1. The van der Waals surface area contributed by atoms with Crippen molar-refractivity contribution in [2.45, 2.75) is 32.7 Å². The van der Waals surface area contributed by atoms with Crippen LogP contribution in [0.15, 0.2) is 0 Å². The first-order valence-corrected chi connectivity index (χ1v) is 8.33. The maximum atomic E-state index is 11.7. The van der Waals surface area contributed by atoms with Crippen molar-refractivity contribution >= 4 is 15.7 Å². The normalized spacial score (nSPS) is 14.2. The first kappa shape index (κ1) is 18.3. The molecule has 1 atom stereocenters. The number of ether oxygens (including phenoxy) is 1. The minimum atomic E-state index is -3.08. The molecule has 0 aromatic rings. The second-order valence-corrected chi connectivity index (χ2v) is 7.91. The van der Waals surface area contributed by atoms with Crippen LogP contribution in [0.2, 0.25) is 0 Å². The first-order valence-electron chi connectivity index (χ1n) is 6.27. The lowest BCUT2D eigenvalue weighted by atomic mass is 9.89. The zero-order chi connectivity index (χ0) is 15.1. The van der Waals surface area contributed by atoms with Crippen LogP contribution >= 0.6 is 0 Å². The highest BCUT2D eigenvalue weighted by atomic mass is 32.2. The van der Waals surface area contributed by atoms with Gasteiger partial charge in [0, 0.05) is 26.5 Å². The van der Waals surface area contributed by atoms with Crippen LogP contribution in [0, 0.1) is 5.41 Å². The van der Waals surface area contributed by atoms with Crippen LogP contribution in [-0.4, -0.2) is 52.6 Å². The van der Waals surface area contributed by atoms with Crippen molar-refractivity contribution in [3.8, 4) is 0 Å². The number of hydrogen-bond acceptors (Lipinski definition) is 5. The quantitative estimate of drug-likeness (QED) is 0.620. The topological polar surface area (TPSA) is 98.5 Å². The van der Waals surface area contributed by atoms with Gasteiger partial charge in [-0.1, -0.05) is 13.8 Å². The molecular weight excluding hydrogens is 268 g/mol. The molecule has 0 radical (unpaired) electrons. The molecule has 0 rings (SSSR count). The van der Waals surface area contributed by atoms with Gasteiger partial charge in [-0.2, -0.15) is 0 Å². The highest BCUT2D eigenvalue weighted by Crippen LogP contribution is 2.18. The summed E-state index contributed by atoms with van der Waals surface area (Å²) in [4.78, 5) is 11.7. The van der Waals surface area contributed by atoms with Gasteiger partial charge in [-0.05, 0) is 18.3 Å². The molecule has 0 aromatic heterocycles. The Labute approximate surface area is 116 Å². The average Bonchev–Trinajstić information content (AvgIpc) is 2.29. The maximum absolute atomic E-state index is 11.7. The van der Waals surface area contributed by atoms with E-state index in [9.17, 15) is 13.2 Å². The zero-order valence-corrected chi connectivity index (χ0v) is 13.0. The summed E-state index contributed by atoms with van der Waals surface area (Å²) >= 11 is 0. The summed E-state index contributed by atoms with van der Waals surface area (Å²) < 4.78 is 27.0. The molecule has 0 saturated carbocycles. The van der Waals surface area contributed by atoms with E-state index >= 15 is 0 Å². The van der Waals surface area contributed by atoms with Crippen molar-refractivity contribution in [3.05, 3.63) is 0 Å². The molecule has 0 aliphatic heterocycles. The predicted molar refractivity (Wildman–Crippen MR) is 75.6 cm³/mol. The molecule has 0 aliphatic rings. The molecule has 6 nitrogen and oxygen atoms in total. The summed E-state index contributed by atoms with van der Waals surface area (Å²) in [6.45, 7) is 5.16. The summed E-state index contributed by atoms with van der Waals surface area (Å²) in [5.74, 6) is -0.386. The van der Waals surface area contributed by atoms with Gasteiger partial charge in [0.2, 0.25) is 5.91 Å². The average molecular weight is 294 g/mol. The highest BCUT2D eigenvalue weighted by molar-refractivity contribution is 7.90. The molecule has 0 spiro atoms. The van der Waals surface area contributed by atoms with Gasteiger partial charge in [-0.15, -0.1) is 0 Å². The fourth-order valence-electron chi connectivity index (χ4n) is 1.40. The third kappa shape index (κ3) is 9.86. The Morgan fingerprint density at radius 1 is 1.42 bits per heavy atom. The number of hydrogen-bond donors (Lipinski definition) is 2. The second-order valence-electron chi connectivity index (χ2n) is 5.65. The molecule has 0 aromatic carbocycles.